The predicted octanol–water partition coefficient (Wildman–Crippen LogP) is 2.96. The molecule has 3 rings (SSSR count). The van der Waals surface area contributed by atoms with E-state index in [0.717, 1.165) is 17.2 Å². The molecule has 0 saturated carbocycles. The van der Waals surface area contributed by atoms with E-state index < -0.39 is 0 Å². The summed E-state index contributed by atoms with van der Waals surface area (Å²) in [7, 11) is 0. The van der Waals surface area contributed by atoms with Gasteiger partial charge in [-0.25, -0.2) is 10.8 Å². The van der Waals surface area contributed by atoms with E-state index in [4.69, 9.17) is 5.84 Å². The molecule has 4 nitrogen and oxygen atoms in total. The number of nitrogens with two attached hydrogens (primary N) is 1. The van der Waals surface area contributed by atoms with Gasteiger partial charge in [0.1, 0.15) is 0 Å². The topological polar surface area (TPSA) is 54.2 Å². The summed E-state index contributed by atoms with van der Waals surface area (Å²) in [6, 6.07) is 7.12. The zero-order valence-electron chi connectivity index (χ0n) is 10.5. The summed E-state index contributed by atoms with van der Waals surface area (Å²) in [5.41, 5.74) is 4.94. The molecule has 1 saturated heterocycles. The van der Waals surface area contributed by atoms with Crippen molar-refractivity contribution in [1.29, 1.82) is 0 Å². The first-order valence-corrected chi connectivity index (χ1v) is 7.23. The van der Waals surface area contributed by atoms with Gasteiger partial charge in [-0.1, -0.05) is 11.3 Å². The highest BCUT2D eigenvalue weighted by Crippen LogP contribution is 2.31. The summed E-state index contributed by atoms with van der Waals surface area (Å²) < 4.78 is 1.19. The fourth-order valence-corrected chi connectivity index (χ4v) is 3.44. The van der Waals surface area contributed by atoms with Crippen molar-refractivity contribution in [3.63, 3.8) is 0 Å². The first-order valence-electron chi connectivity index (χ1n) is 6.42. The molecular weight excluding hydrogens is 244 g/mol. The van der Waals surface area contributed by atoms with Crippen LogP contribution in [0.3, 0.4) is 0 Å². The Hall–Kier alpha value is -1.33. The zero-order valence-corrected chi connectivity index (χ0v) is 11.3. The van der Waals surface area contributed by atoms with E-state index in [-0.39, 0.29) is 0 Å². The number of thiazole rings is 1. The average Bonchev–Trinajstić information content (AvgIpc) is 2.81. The van der Waals surface area contributed by atoms with E-state index in [1.165, 1.54) is 29.6 Å². The maximum absolute atomic E-state index is 5.40. The van der Waals surface area contributed by atoms with Gasteiger partial charge in [-0.05, 0) is 44.4 Å². The SMILES string of the molecule is C[C@@H]1CCCCN1c1ccc2nc(NN)sc2c1. The molecule has 96 valence electrons. The minimum absolute atomic E-state index is 0.635. The van der Waals surface area contributed by atoms with Gasteiger partial charge in [-0.3, -0.25) is 5.43 Å². The normalized spacial score (nSPS) is 20.3. The third kappa shape index (κ3) is 2.04. The molecule has 0 spiro atoms. The number of hydrogen-bond donors (Lipinski definition) is 2. The number of nitrogens with one attached hydrogen (secondary N) is 1. The van der Waals surface area contributed by atoms with Gasteiger partial charge in [0.05, 0.1) is 10.2 Å². The van der Waals surface area contributed by atoms with E-state index >= 15 is 0 Å². The Morgan fingerprint density at radius 3 is 3.11 bits per heavy atom. The summed E-state index contributed by atoms with van der Waals surface area (Å²) in [5.74, 6) is 5.40. The number of aromatic nitrogens is 1. The first kappa shape index (κ1) is 11.7. The van der Waals surface area contributed by atoms with E-state index in [1.807, 2.05) is 0 Å². The summed E-state index contributed by atoms with van der Waals surface area (Å²) in [6.07, 6.45) is 3.93. The number of fused-ring (bicyclic) bond motifs is 1. The monoisotopic (exact) mass is 262 g/mol. The van der Waals surface area contributed by atoms with Gasteiger partial charge in [-0.2, -0.15) is 0 Å². The van der Waals surface area contributed by atoms with Crippen LogP contribution in [0.2, 0.25) is 0 Å². The summed E-state index contributed by atoms with van der Waals surface area (Å²) >= 11 is 1.60. The Bertz CT molecular complexity index is 551. The van der Waals surface area contributed by atoms with Gasteiger partial charge in [-0.15, -0.1) is 0 Å². The molecule has 2 heterocycles. The zero-order chi connectivity index (χ0) is 12.5. The van der Waals surface area contributed by atoms with Gasteiger partial charge in [0.25, 0.3) is 0 Å². The van der Waals surface area contributed by atoms with E-state index in [2.05, 4.69) is 40.4 Å². The number of benzene rings is 1. The van der Waals surface area contributed by atoms with E-state index in [1.54, 1.807) is 11.3 Å². The maximum atomic E-state index is 5.40. The molecule has 2 aromatic rings. The quantitative estimate of drug-likeness (QED) is 0.645. The molecule has 18 heavy (non-hydrogen) atoms. The summed E-state index contributed by atoms with van der Waals surface area (Å²) in [5, 5.41) is 0.772. The van der Waals surface area contributed by atoms with Crippen LogP contribution in [0.1, 0.15) is 26.2 Å². The smallest absolute Gasteiger partial charge is 0.198 e. The highest BCUT2D eigenvalue weighted by Gasteiger charge is 2.19. The van der Waals surface area contributed by atoms with Crippen molar-refractivity contribution in [3.8, 4) is 0 Å². The molecule has 0 aliphatic carbocycles. The summed E-state index contributed by atoms with van der Waals surface area (Å²) in [4.78, 5) is 6.90. The van der Waals surface area contributed by atoms with Crippen LogP contribution in [0.4, 0.5) is 10.8 Å². The van der Waals surface area contributed by atoms with Crippen LogP contribution in [0, 0.1) is 0 Å². The van der Waals surface area contributed by atoms with Crippen molar-refractivity contribution in [2.45, 2.75) is 32.2 Å². The first-order chi connectivity index (χ1) is 8.78. The van der Waals surface area contributed by atoms with Crippen molar-refractivity contribution in [2.24, 2.45) is 5.84 Å². The number of nitrogen functional groups attached to an aromatic ring is 1. The van der Waals surface area contributed by atoms with Gasteiger partial charge < -0.3 is 4.90 Å². The predicted molar refractivity (Wildman–Crippen MR) is 78.1 cm³/mol. The van der Waals surface area contributed by atoms with Crippen molar-refractivity contribution in [2.75, 3.05) is 16.9 Å². The molecule has 1 aliphatic rings. The van der Waals surface area contributed by atoms with Crippen molar-refractivity contribution in [3.05, 3.63) is 18.2 Å². The van der Waals surface area contributed by atoms with E-state index in [9.17, 15) is 0 Å². The molecule has 3 N–H and O–H groups in total. The van der Waals surface area contributed by atoms with E-state index in [0.29, 0.717) is 6.04 Å². The number of rotatable bonds is 2. The summed E-state index contributed by atoms with van der Waals surface area (Å²) in [6.45, 7) is 3.47. The highest BCUT2D eigenvalue weighted by molar-refractivity contribution is 7.22. The lowest BCUT2D eigenvalue weighted by Gasteiger charge is -2.35. The molecule has 1 aromatic carbocycles. The number of nitrogens with zero attached hydrogens (tertiary/aromatic N) is 2. The fourth-order valence-electron chi connectivity index (χ4n) is 2.64. The standard InChI is InChI=1S/C13H18N4S/c1-9-4-2-3-7-17(9)10-5-6-11-12(8-10)18-13(15-11)16-14/h5-6,8-9H,2-4,7,14H2,1H3,(H,15,16)/t9-/m1/s1. The fraction of sp³-hybridized carbons (Fsp3) is 0.462. The Balaban J connectivity index is 1.96. The van der Waals surface area contributed by atoms with Crippen LogP contribution in [-0.2, 0) is 0 Å². The number of anilines is 2. The van der Waals surface area contributed by atoms with Gasteiger partial charge >= 0.3 is 0 Å². The van der Waals surface area contributed by atoms with Gasteiger partial charge in [0, 0.05) is 18.3 Å². The Morgan fingerprint density at radius 1 is 1.44 bits per heavy atom. The molecule has 0 amide bonds. The van der Waals surface area contributed by atoms with Gasteiger partial charge in [0.2, 0.25) is 0 Å². The number of hydrazine groups is 1. The molecule has 0 bridgehead atoms. The van der Waals surface area contributed by atoms with Crippen LogP contribution in [0.5, 0.6) is 0 Å². The van der Waals surface area contributed by atoms with Gasteiger partial charge in [0.15, 0.2) is 5.13 Å². The molecule has 1 aliphatic heterocycles. The molecule has 0 unspecified atom stereocenters. The molecule has 5 heteroatoms. The van der Waals surface area contributed by atoms with Crippen LogP contribution in [0.25, 0.3) is 10.2 Å². The lowest BCUT2D eigenvalue weighted by Crippen LogP contribution is -2.37. The third-order valence-electron chi connectivity index (χ3n) is 3.63. The maximum Gasteiger partial charge on any atom is 0.198 e. The minimum Gasteiger partial charge on any atom is -0.369 e. The second kappa shape index (κ2) is 4.74. The number of piperidine rings is 1. The Kier molecular flexibility index (Phi) is 3.09. The Morgan fingerprint density at radius 2 is 2.33 bits per heavy atom. The van der Waals surface area contributed by atoms with Crippen LogP contribution in [0.15, 0.2) is 18.2 Å². The lowest BCUT2D eigenvalue weighted by atomic mass is 10.0. The highest BCUT2D eigenvalue weighted by atomic mass is 32.1. The van der Waals surface area contributed by atoms with Crippen molar-refractivity contribution < 1.29 is 0 Å². The largest absolute Gasteiger partial charge is 0.369 e. The lowest BCUT2D eigenvalue weighted by molar-refractivity contribution is 0.485. The minimum atomic E-state index is 0.635. The van der Waals surface area contributed by atoms with Crippen molar-refractivity contribution >= 4 is 32.4 Å². The Labute approximate surface area is 111 Å². The third-order valence-corrected chi connectivity index (χ3v) is 4.58. The van der Waals surface area contributed by atoms with Crippen LogP contribution in [-0.4, -0.2) is 17.6 Å². The average molecular weight is 262 g/mol. The molecule has 1 fully saturated rings. The molecular formula is C13H18N4S. The molecule has 0 radical (unpaired) electrons. The molecule has 1 atom stereocenters. The van der Waals surface area contributed by atoms with Crippen LogP contribution >= 0.6 is 11.3 Å². The molecule has 1 aromatic heterocycles. The van der Waals surface area contributed by atoms with Crippen LogP contribution < -0.4 is 16.2 Å². The number of hydrogen-bond acceptors (Lipinski definition) is 5. The second-order valence-corrected chi connectivity index (χ2v) is 5.88. The van der Waals surface area contributed by atoms with Crippen molar-refractivity contribution in [1.82, 2.24) is 4.98 Å². The second-order valence-electron chi connectivity index (χ2n) is 4.85.